The highest BCUT2D eigenvalue weighted by Crippen LogP contribution is 2.27. The molecule has 0 aliphatic heterocycles. The van der Waals surface area contributed by atoms with Gasteiger partial charge in [0.15, 0.2) is 11.5 Å². The Kier molecular flexibility index (Phi) is 6.45. The van der Waals surface area contributed by atoms with Crippen molar-refractivity contribution < 1.29 is 19.0 Å². The lowest BCUT2D eigenvalue weighted by Crippen LogP contribution is -2.39. The van der Waals surface area contributed by atoms with Crippen LogP contribution < -0.4 is 14.8 Å². The molecule has 0 spiro atoms. The third-order valence-electron chi connectivity index (χ3n) is 2.54. The predicted octanol–water partition coefficient (Wildman–Crippen LogP) is 1.69. The van der Waals surface area contributed by atoms with Gasteiger partial charge in [-0.15, -0.1) is 11.6 Å². The van der Waals surface area contributed by atoms with Crippen molar-refractivity contribution in [3.05, 3.63) is 23.8 Å². The zero-order valence-corrected chi connectivity index (χ0v) is 12.0. The molecule has 6 heteroatoms. The molecule has 0 aliphatic carbocycles. The van der Waals surface area contributed by atoms with Gasteiger partial charge in [-0.2, -0.15) is 0 Å². The first kappa shape index (κ1) is 15.6. The fraction of sp³-hybridized carbons (Fsp3) is 0.462. The molecule has 0 saturated heterocycles. The van der Waals surface area contributed by atoms with Crippen LogP contribution in [0, 0.1) is 0 Å². The van der Waals surface area contributed by atoms with Crippen LogP contribution in [0.4, 0.5) is 0 Å². The zero-order valence-electron chi connectivity index (χ0n) is 11.2. The number of amides is 1. The van der Waals surface area contributed by atoms with Crippen molar-refractivity contribution in [2.24, 2.45) is 0 Å². The number of hydrogen-bond acceptors (Lipinski definition) is 4. The van der Waals surface area contributed by atoms with Gasteiger partial charge in [0.2, 0.25) is 0 Å². The van der Waals surface area contributed by atoms with E-state index in [2.05, 4.69) is 5.32 Å². The number of alkyl halides is 1. The maximum absolute atomic E-state index is 12.0. The van der Waals surface area contributed by atoms with E-state index in [1.807, 2.05) is 0 Å². The van der Waals surface area contributed by atoms with Gasteiger partial charge >= 0.3 is 0 Å². The summed E-state index contributed by atoms with van der Waals surface area (Å²) in [6.07, 6.45) is 0. The van der Waals surface area contributed by atoms with Crippen LogP contribution in [-0.2, 0) is 4.74 Å². The summed E-state index contributed by atoms with van der Waals surface area (Å²) in [5, 5.41) is 2.78. The standard InChI is InChI=1S/C13H18ClNO4/c1-17-8-10(7-14)15-13(16)9-4-5-11(18-2)12(6-9)19-3/h4-6,10H,7-8H2,1-3H3,(H,15,16). The van der Waals surface area contributed by atoms with Crippen LogP contribution in [0.2, 0.25) is 0 Å². The molecule has 1 rings (SSSR count). The topological polar surface area (TPSA) is 56.8 Å². The van der Waals surface area contributed by atoms with E-state index in [9.17, 15) is 4.79 Å². The summed E-state index contributed by atoms with van der Waals surface area (Å²) < 4.78 is 15.2. The molecule has 0 aromatic heterocycles. The average molecular weight is 288 g/mol. The summed E-state index contributed by atoms with van der Waals surface area (Å²) >= 11 is 5.74. The highest BCUT2D eigenvalue weighted by Gasteiger charge is 2.14. The summed E-state index contributed by atoms with van der Waals surface area (Å²) in [7, 11) is 4.62. The van der Waals surface area contributed by atoms with Crippen LogP contribution in [-0.4, -0.2) is 45.8 Å². The van der Waals surface area contributed by atoms with Crippen LogP contribution in [0.25, 0.3) is 0 Å². The van der Waals surface area contributed by atoms with Crippen molar-refractivity contribution in [1.82, 2.24) is 5.32 Å². The summed E-state index contributed by atoms with van der Waals surface area (Å²) in [4.78, 5) is 12.0. The average Bonchev–Trinajstić information content (AvgIpc) is 2.45. The highest BCUT2D eigenvalue weighted by molar-refractivity contribution is 6.18. The van der Waals surface area contributed by atoms with Crippen molar-refractivity contribution in [2.45, 2.75) is 6.04 Å². The van der Waals surface area contributed by atoms with E-state index in [-0.39, 0.29) is 17.8 Å². The zero-order chi connectivity index (χ0) is 14.3. The van der Waals surface area contributed by atoms with Crippen LogP contribution in [0.15, 0.2) is 18.2 Å². The number of benzene rings is 1. The Morgan fingerprint density at radius 1 is 1.26 bits per heavy atom. The summed E-state index contributed by atoms with van der Waals surface area (Å²) in [6.45, 7) is 0.364. The smallest absolute Gasteiger partial charge is 0.251 e. The lowest BCUT2D eigenvalue weighted by atomic mass is 10.1. The molecule has 1 aromatic rings. The van der Waals surface area contributed by atoms with Crippen molar-refractivity contribution >= 4 is 17.5 Å². The SMILES string of the molecule is COCC(CCl)NC(=O)c1ccc(OC)c(OC)c1. The van der Waals surface area contributed by atoms with Gasteiger partial charge in [0.05, 0.1) is 26.9 Å². The molecule has 0 aliphatic rings. The normalized spacial score (nSPS) is 11.8. The van der Waals surface area contributed by atoms with Gasteiger partial charge in [0.25, 0.3) is 5.91 Å². The van der Waals surface area contributed by atoms with Crippen molar-refractivity contribution in [1.29, 1.82) is 0 Å². The third kappa shape index (κ3) is 4.29. The Morgan fingerprint density at radius 3 is 2.47 bits per heavy atom. The number of methoxy groups -OCH3 is 3. The van der Waals surface area contributed by atoms with E-state index < -0.39 is 0 Å². The van der Waals surface area contributed by atoms with E-state index in [1.165, 1.54) is 7.11 Å². The minimum atomic E-state index is -0.233. The molecule has 1 N–H and O–H groups in total. The van der Waals surface area contributed by atoms with Crippen LogP contribution in [0.5, 0.6) is 11.5 Å². The summed E-state index contributed by atoms with van der Waals surface area (Å²) in [5.74, 6) is 1.13. The quantitative estimate of drug-likeness (QED) is 0.776. The Balaban J connectivity index is 2.82. The molecule has 0 heterocycles. The molecule has 1 amide bonds. The number of nitrogens with one attached hydrogen (secondary N) is 1. The Bertz CT molecular complexity index is 425. The predicted molar refractivity (Wildman–Crippen MR) is 73.4 cm³/mol. The number of halogens is 1. The van der Waals surface area contributed by atoms with Gasteiger partial charge in [-0.3, -0.25) is 4.79 Å². The lowest BCUT2D eigenvalue weighted by Gasteiger charge is -2.15. The molecule has 0 bridgehead atoms. The number of hydrogen-bond donors (Lipinski definition) is 1. The van der Waals surface area contributed by atoms with Gasteiger partial charge in [-0.1, -0.05) is 0 Å². The largest absolute Gasteiger partial charge is 0.493 e. The number of ether oxygens (including phenoxy) is 3. The van der Waals surface area contributed by atoms with Gasteiger partial charge in [-0.25, -0.2) is 0 Å². The molecule has 0 radical (unpaired) electrons. The van der Waals surface area contributed by atoms with Gasteiger partial charge < -0.3 is 19.5 Å². The van der Waals surface area contributed by atoms with E-state index in [1.54, 1.807) is 32.4 Å². The number of rotatable bonds is 7. The molecule has 0 fully saturated rings. The van der Waals surface area contributed by atoms with Crippen LogP contribution in [0.1, 0.15) is 10.4 Å². The Hall–Kier alpha value is -1.46. The third-order valence-corrected chi connectivity index (χ3v) is 2.91. The van der Waals surface area contributed by atoms with Gasteiger partial charge in [-0.05, 0) is 18.2 Å². The van der Waals surface area contributed by atoms with Gasteiger partial charge in [0.1, 0.15) is 0 Å². The summed E-state index contributed by atoms with van der Waals surface area (Å²) in [5.41, 5.74) is 0.476. The molecular weight excluding hydrogens is 270 g/mol. The first-order valence-corrected chi connectivity index (χ1v) is 6.27. The second-order valence-corrected chi connectivity index (χ2v) is 4.16. The molecule has 106 valence electrons. The van der Waals surface area contributed by atoms with Crippen molar-refractivity contribution in [3.8, 4) is 11.5 Å². The first-order chi connectivity index (χ1) is 9.15. The minimum Gasteiger partial charge on any atom is -0.493 e. The molecule has 1 aromatic carbocycles. The maximum atomic E-state index is 12.0. The molecule has 0 saturated carbocycles. The molecule has 19 heavy (non-hydrogen) atoms. The monoisotopic (exact) mass is 287 g/mol. The summed E-state index contributed by atoms with van der Waals surface area (Å²) in [6, 6.07) is 4.73. The van der Waals surface area contributed by atoms with Crippen molar-refractivity contribution in [2.75, 3.05) is 33.8 Å². The molecule has 5 nitrogen and oxygen atoms in total. The first-order valence-electron chi connectivity index (χ1n) is 5.74. The van der Waals surface area contributed by atoms with E-state index in [0.29, 0.717) is 23.7 Å². The number of carbonyl (C=O) groups is 1. The second kappa shape index (κ2) is 7.86. The lowest BCUT2D eigenvalue weighted by molar-refractivity contribution is 0.0906. The molecular formula is C13H18ClNO4. The molecule has 1 unspecified atom stereocenters. The van der Waals surface area contributed by atoms with E-state index in [4.69, 9.17) is 25.8 Å². The van der Waals surface area contributed by atoms with E-state index in [0.717, 1.165) is 0 Å². The fourth-order valence-corrected chi connectivity index (χ4v) is 1.74. The minimum absolute atomic E-state index is 0.229. The Morgan fingerprint density at radius 2 is 1.95 bits per heavy atom. The Labute approximate surface area is 117 Å². The number of carbonyl (C=O) groups excluding carboxylic acids is 1. The maximum Gasteiger partial charge on any atom is 0.251 e. The van der Waals surface area contributed by atoms with Gasteiger partial charge in [0, 0.05) is 18.6 Å². The second-order valence-electron chi connectivity index (χ2n) is 3.85. The van der Waals surface area contributed by atoms with Crippen LogP contribution in [0.3, 0.4) is 0 Å². The highest BCUT2D eigenvalue weighted by atomic mass is 35.5. The van der Waals surface area contributed by atoms with Crippen molar-refractivity contribution in [3.63, 3.8) is 0 Å². The van der Waals surface area contributed by atoms with Crippen LogP contribution >= 0.6 is 11.6 Å². The molecule has 1 atom stereocenters. The van der Waals surface area contributed by atoms with E-state index >= 15 is 0 Å². The fourth-order valence-electron chi connectivity index (χ4n) is 1.57.